The summed E-state index contributed by atoms with van der Waals surface area (Å²) in [6, 6.07) is 20.7. The number of amides is 1. The molecule has 2 aromatic heterocycles. The van der Waals surface area contributed by atoms with E-state index in [1.165, 1.54) is 0 Å². The van der Waals surface area contributed by atoms with Gasteiger partial charge in [0.15, 0.2) is 0 Å². The van der Waals surface area contributed by atoms with E-state index in [-0.39, 0.29) is 0 Å². The lowest BCUT2D eigenvalue weighted by Gasteiger charge is -2.35. The molecule has 3 heterocycles. The molecule has 0 saturated carbocycles. The van der Waals surface area contributed by atoms with Crippen LogP contribution < -0.4 is 14.4 Å². The number of aromatic nitrogens is 1. The standard InChI is InChI=1S/C28H26ClN3O4/c1-35-22-9-7-20(8-10-22)30-13-15-31(16-14-30)28(34)27(33)26-23(18-21-5-3-4-12-32(21)26)19-6-11-25(36-2)24(29)17-19/h3-12,17-18H,13-16H2,1-2H3. The normalized spacial score (nSPS) is 13.6. The van der Waals surface area contributed by atoms with Gasteiger partial charge in [0.2, 0.25) is 0 Å². The van der Waals surface area contributed by atoms with Crippen LogP contribution in [0.1, 0.15) is 10.5 Å². The van der Waals surface area contributed by atoms with Crippen molar-refractivity contribution >= 4 is 34.5 Å². The summed E-state index contributed by atoms with van der Waals surface area (Å²) < 4.78 is 12.3. The highest BCUT2D eigenvalue weighted by molar-refractivity contribution is 6.43. The molecule has 0 N–H and O–H groups in total. The van der Waals surface area contributed by atoms with E-state index in [1.54, 1.807) is 41.8 Å². The van der Waals surface area contributed by atoms with Crippen molar-refractivity contribution in [3.63, 3.8) is 0 Å². The minimum Gasteiger partial charge on any atom is -0.497 e. The van der Waals surface area contributed by atoms with Crippen molar-refractivity contribution in [1.29, 1.82) is 0 Å². The highest BCUT2D eigenvalue weighted by Gasteiger charge is 2.31. The third-order valence-electron chi connectivity index (χ3n) is 6.56. The molecule has 0 bridgehead atoms. The highest BCUT2D eigenvalue weighted by atomic mass is 35.5. The molecule has 1 fully saturated rings. The Labute approximate surface area is 214 Å². The number of anilines is 1. The zero-order chi connectivity index (χ0) is 25.2. The van der Waals surface area contributed by atoms with Gasteiger partial charge in [-0.1, -0.05) is 23.7 Å². The Kier molecular flexibility index (Phi) is 6.57. The van der Waals surface area contributed by atoms with Crippen LogP contribution in [0.3, 0.4) is 0 Å². The Balaban J connectivity index is 1.40. The molecule has 2 aromatic carbocycles. The van der Waals surface area contributed by atoms with E-state index in [9.17, 15) is 9.59 Å². The molecule has 8 heteroatoms. The van der Waals surface area contributed by atoms with Crippen LogP contribution in [0.15, 0.2) is 72.9 Å². The van der Waals surface area contributed by atoms with Gasteiger partial charge in [0.25, 0.3) is 11.7 Å². The van der Waals surface area contributed by atoms with Gasteiger partial charge in [-0.3, -0.25) is 9.59 Å². The van der Waals surface area contributed by atoms with Gasteiger partial charge in [0, 0.05) is 49.1 Å². The van der Waals surface area contributed by atoms with Crippen molar-refractivity contribution in [3.8, 4) is 22.6 Å². The number of nitrogens with zero attached hydrogens (tertiary/aromatic N) is 3. The number of hydrogen-bond acceptors (Lipinski definition) is 5. The van der Waals surface area contributed by atoms with Crippen LogP contribution in [0.4, 0.5) is 5.69 Å². The van der Waals surface area contributed by atoms with Gasteiger partial charge < -0.3 is 23.7 Å². The van der Waals surface area contributed by atoms with Crippen molar-refractivity contribution in [2.75, 3.05) is 45.3 Å². The molecule has 0 spiro atoms. The maximum Gasteiger partial charge on any atom is 0.296 e. The monoisotopic (exact) mass is 503 g/mol. The van der Waals surface area contributed by atoms with E-state index >= 15 is 0 Å². The van der Waals surface area contributed by atoms with Crippen molar-refractivity contribution in [1.82, 2.24) is 9.30 Å². The molecule has 0 aliphatic carbocycles. The molecular weight excluding hydrogens is 478 g/mol. The van der Waals surface area contributed by atoms with Gasteiger partial charge in [-0.15, -0.1) is 0 Å². The third-order valence-corrected chi connectivity index (χ3v) is 6.85. The maximum absolute atomic E-state index is 13.6. The second kappa shape index (κ2) is 9.95. The Morgan fingerprint density at radius 2 is 1.61 bits per heavy atom. The SMILES string of the molecule is COc1ccc(N2CCN(C(=O)C(=O)c3c(-c4ccc(OC)c(Cl)c4)cc4ccccn34)CC2)cc1. The number of carbonyl (C=O) groups excluding carboxylic acids is 2. The van der Waals surface area contributed by atoms with Crippen molar-refractivity contribution in [2.24, 2.45) is 0 Å². The average Bonchev–Trinajstić information content (AvgIpc) is 3.32. The first-order valence-corrected chi connectivity index (χ1v) is 12.0. The molecule has 0 atom stereocenters. The van der Waals surface area contributed by atoms with Gasteiger partial charge in [0.05, 0.1) is 19.2 Å². The van der Waals surface area contributed by atoms with E-state index in [2.05, 4.69) is 4.90 Å². The fourth-order valence-corrected chi connectivity index (χ4v) is 4.87. The number of fused-ring (bicyclic) bond motifs is 1. The first-order valence-electron chi connectivity index (χ1n) is 11.7. The summed E-state index contributed by atoms with van der Waals surface area (Å²) >= 11 is 6.37. The number of methoxy groups -OCH3 is 2. The fraction of sp³-hybridized carbons (Fsp3) is 0.214. The molecule has 1 aliphatic rings. The Morgan fingerprint density at radius 1 is 0.861 bits per heavy atom. The average molecular weight is 504 g/mol. The van der Waals surface area contributed by atoms with Crippen LogP contribution >= 0.6 is 11.6 Å². The van der Waals surface area contributed by atoms with E-state index in [4.69, 9.17) is 21.1 Å². The zero-order valence-corrected chi connectivity index (χ0v) is 20.9. The summed E-state index contributed by atoms with van der Waals surface area (Å²) in [4.78, 5) is 30.9. The molecule has 0 radical (unpaired) electrons. The summed E-state index contributed by atoms with van der Waals surface area (Å²) in [5, 5.41) is 0.435. The number of carbonyl (C=O) groups is 2. The molecular formula is C28H26ClN3O4. The van der Waals surface area contributed by atoms with Crippen molar-refractivity contribution < 1.29 is 19.1 Å². The van der Waals surface area contributed by atoms with Gasteiger partial charge in [0.1, 0.15) is 17.2 Å². The second-order valence-electron chi connectivity index (χ2n) is 8.56. The van der Waals surface area contributed by atoms with E-state index < -0.39 is 11.7 Å². The molecule has 5 rings (SSSR count). The van der Waals surface area contributed by atoms with Crippen LogP contribution in [-0.4, -0.2) is 61.4 Å². The molecule has 1 saturated heterocycles. The number of pyridine rings is 1. The quantitative estimate of drug-likeness (QED) is 0.279. The van der Waals surface area contributed by atoms with Crippen LogP contribution in [0.5, 0.6) is 11.5 Å². The van der Waals surface area contributed by atoms with Gasteiger partial charge in [-0.2, -0.15) is 0 Å². The Hall–Kier alpha value is -3.97. The largest absolute Gasteiger partial charge is 0.497 e. The molecule has 7 nitrogen and oxygen atoms in total. The molecule has 36 heavy (non-hydrogen) atoms. The maximum atomic E-state index is 13.6. The summed E-state index contributed by atoms with van der Waals surface area (Å²) in [6.45, 7) is 2.20. The van der Waals surface area contributed by atoms with E-state index in [0.29, 0.717) is 48.2 Å². The number of piperazine rings is 1. The molecule has 1 amide bonds. The van der Waals surface area contributed by atoms with Crippen molar-refractivity contribution in [3.05, 3.63) is 83.6 Å². The molecule has 184 valence electrons. The van der Waals surface area contributed by atoms with E-state index in [0.717, 1.165) is 22.5 Å². The topological polar surface area (TPSA) is 63.5 Å². The van der Waals surface area contributed by atoms with Crippen molar-refractivity contribution in [2.45, 2.75) is 0 Å². The molecule has 1 aliphatic heterocycles. The van der Waals surface area contributed by atoms with Gasteiger partial charge in [-0.05, 0) is 60.2 Å². The predicted octanol–water partition coefficient (Wildman–Crippen LogP) is 4.81. The summed E-state index contributed by atoms with van der Waals surface area (Å²) in [5.41, 5.74) is 3.60. The van der Waals surface area contributed by atoms with Gasteiger partial charge in [-0.25, -0.2) is 0 Å². The van der Waals surface area contributed by atoms with Crippen LogP contribution in [-0.2, 0) is 4.79 Å². The minimum absolute atomic E-state index is 0.328. The summed E-state index contributed by atoms with van der Waals surface area (Å²) in [7, 11) is 3.19. The summed E-state index contributed by atoms with van der Waals surface area (Å²) in [5.74, 6) is 0.296. The number of halogens is 1. The number of benzene rings is 2. The molecule has 0 unspecified atom stereocenters. The summed E-state index contributed by atoms with van der Waals surface area (Å²) in [6.07, 6.45) is 1.80. The predicted molar refractivity (Wildman–Crippen MR) is 141 cm³/mol. The smallest absolute Gasteiger partial charge is 0.296 e. The lowest BCUT2D eigenvalue weighted by Crippen LogP contribution is -2.50. The minimum atomic E-state index is -0.541. The molecule has 4 aromatic rings. The Morgan fingerprint density at radius 3 is 2.28 bits per heavy atom. The zero-order valence-electron chi connectivity index (χ0n) is 20.1. The highest BCUT2D eigenvalue weighted by Crippen LogP contribution is 2.34. The lowest BCUT2D eigenvalue weighted by molar-refractivity contribution is -0.126. The third kappa shape index (κ3) is 4.38. The lowest BCUT2D eigenvalue weighted by atomic mass is 10.0. The first kappa shape index (κ1) is 23.8. The number of rotatable bonds is 6. The number of Topliss-reactive ketones (excluding diaryl/α,β-unsaturated/α-hetero) is 1. The number of hydrogen-bond donors (Lipinski definition) is 0. The first-order chi connectivity index (χ1) is 17.5. The fourth-order valence-electron chi connectivity index (χ4n) is 4.61. The second-order valence-corrected chi connectivity index (χ2v) is 8.97. The van der Waals surface area contributed by atoms with E-state index in [1.807, 2.05) is 54.6 Å². The van der Waals surface area contributed by atoms with Crippen LogP contribution in [0.2, 0.25) is 5.02 Å². The van der Waals surface area contributed by atoms with Gasteiger partial charge >= 0.3 is 0 Å². The Bertz CT molecular complexity index is 1420. The van der Waals surface area contributed by atoms with Crippen LogP contribution in [0, 0.1) is 0 Å². The number of ether oxygens (including phenoxy) is 2. The number of ketones is 1. The van der Waals surface area contributed by atoms with Crippen LogP contribution in [0.25, 0.3) is 16.6 Å².